The number of thioether (sulfide) groups is 1. The highest BCUT2D eigenvalue weighted by Gasteiger charge is 2.00. The van der Waals surface area contributed by atoms with Gasteiger partial charge in [0, 0.05) is 23.8 Å². The first kappa shape index (κ1) is 10.5. The normalized spacial score (nSPS) is 9.92. The van der Waals surface area contributed by atoms with Crippen LogP contribution in [-0.4, -0.2) is 23.8 Å². The maximum Gasteiger partial charge on any atom is 0.305 e. The van der Waals surface area contributed by atoms with Crippen LogP contribution >= 0.6 is 23.1 Å². The molecular formula is C8H11NO2S2. The number of carbonyl (C=O) groups is 1. The fraction of sp³-hybridized carbons (Fsp3) is 0.500. The molecule has 1 aromatic heterocycles. The van der Waals surface area contributed by atoms with Crippen LogP contribution in [0.5, 0.6) is 0 Å². The topological polar surface area (TPSA) is 39.2 Å². The summed E-state index contributed by atoms with van der Waals surface area (Å²) in [5, 5.41) is 1.95. The number of rotatable bonds is 5. The van der Waals surface area contributed by atoms with Crippen molar-refractivity contribution in [2.24, 2.45) is 0 Å². The number of ether oxygens (including phenoxy) is 1. The minimum Gasteiger partial charge on any atom is -0.469 e. The maximum atomic E-state index is 10.7. The Labute approximate surface area is 85.5 Å². The van der Waals surface area contributed by atoms with Gasteiger partial charge in [0.05, 0.1) is 7.11 Å². The van der Waals surface area contributed by atoms with E-state index in [4.69, 9.17) is 0 Å². The SMILES string of the molecule is COC(=O)CCCSc1nccs1. The van der Waals surface area contributed by atoms with Gasteiger partial charge in [0.15, 0.2) is 0 Å². The van der Waals surface area contributed by atoms with E-state index >= 15 is 0 Å². The van der Waals surface area contributed by atoms with E-state index in [0.29, 0.717) is 6.42 Å². The first-order valence-corrected chi connectivity index (χ1v) is 5.78. The lowest BCUT2D eigenvalue weighted by Crippen LogP contribution is -1.99. The van der Waals surface area contributed by atoms with Crippen molar-refractivity contribution in [3.05, 3.63) is 11.6 Å². The highest BCUT2D eigenvalue weighted by Crippen LogP contribution is 2.21. The van der Waals surface area contributed by atoms with Gasteiger partial charge in [-0.25, -0.2) is 4.98 Å². The minimum atomic E-state index is -0.139. The van der Waals surface area contributed by atoms with Crippen LogP contribution in [0, 0.1) is 0 Å². The molecule has 0 aliphatic rings. The van der Waals surface area contributed by atoms with Crippen LogP contribution < -0.4 is 0 Å². The Bertz CT molecular complexity index is 249. The average molecular weight is 217 g/mol. The summed E-state index contributed by atoms with van der Waals surface area (Å²) in [6.07, 6.45) is 3.12. The molecule has 0 aliphatic carbocycles. The predicted octanol–water partition coefficient (Wildman–Crippen LogP) is 2.19. The van der Waals surface area contributed by atoms with Gasteiger partial charge < -0.3 is 4.74 Å². The van der Waals surface area contributed by atoms with Crippen molar-refractivity contribution in [3.63, 3.8) is 0 Å². The Morgan fingerprint density at radius 2 is 2.62 bits per heavy atom. The van der Waals surface area contributed by atoms with Gasteiger partial charge >= 0.3 is 5.97 Å². The molecule has 0 bridgehead atoms. The summed E-state index contributed by atoms with van der Waals surface area (Å²) in [5.41, 5.74) is 0. The number of hydrogen-bond acceptors (Lipinski definition) is 5. The van der Waals surface area contributed by atoms with Crippen molar-refractivity contribution in [3.8, 4) is 0 Å². The fourth-order valence-corrected chi connectivity index (χ4v) is 2.41. The smallest absolute Gasteiger partial charge is 0.305 e. The molecule has 0 N–H and O–H groups in total. The number of esters is 1. The predicted molar refractivity (Wildman–Crippen MR) is 54.1 cm³/mol. The van der Waals surface area contributed by atoms with Crippen molar-refractivity contribution in [2.75, 3.05) is 12.9 Å². The number of nitrogens with zero attached hydrogens (tertiary/aromatic N) is 1. The Balaban J connectivity index is 2.05. The third-order valence-corrected chi connectivity index (χ3v) is 3.44. The molecule has 0 aromatic carbocycles. The molecule has 0 aliphatic heterocycles. The third kappa shape index (κ3) is 4.28. The standard InChI is InChI=1S/C8H11NO2S2/c1-11-7(10)3-2-5-12-8-9-4-6-13-8/h4,6H,2-3,5H2,1H3. The van der Waals surface area contributed by atoms with Crippen molar-refractivity contribution >= 4 is 29.1 Å². The summed E-state index contributed by atoms with van der Waals surface area (Å²) in [6.45, 7) is 0. The molecule has 0 saturated carbocycles. The maximum absolute atomic E-state index is 10.7. The van der Waals surface area contributed by atoms with Crippen molar-refractivity contribution < 1.29 is 9.53 Å². The van der Waals surface area contributed by atoms with Crippen LogP contribution in [0.3, 0.4) is 0 Å². The zero-order valence-corrected chi connectivity index (χ0v) is 8.99. The van der Waals surface area contributed by atoms with Crippen molar-refractivity contribution in [1.29, 1.82) is 0 Å². The van der Waals surface area contributed by atoms with E-state index in [1.54, 1.807) is 29.3 Å². The Morgan fingerprint density at radius 3 is 3.23 bits per heavy atom. The molecule has 13 heavy (non-hydrogen) atoms. The first-order chi connectivity index (χ1) is 6.33. The monoisotopic (exact) mass is 217 g/mol. The van der Waals surface area contributed by atoms with Crippen LogP contribution in [0.15, 0.2) is 15.9 Å². The molecular weight excluding hydrogens is 206 g/mol. The van der Waals surface area contributed by atoms with Gasteiger partial charge in [-0.1, -0.05) is 11.8 Å². The highest BCUT2D eigenvalue weighted by atomic mass is 32.2. The summed E-state index contributed by atoms with van der Waals surface area (Å²) in [6, 6.07) is 0. The Morgan fingerprint density at radius 1 is 1.77 bits per heavy atom. The second kappa shape index (κ2) is 5.99. The van der Waals surface area contributed by atoms with E-state index in [1.807, 2.05) is 5.38 Å². The zero-order chi connectivity index (χ0) is 9.52. The van der Waals surface area contributed by atoms with Crippen molar-refractivity contribution in [2.45, 2.75) is 17.2 Å². The van der Waals surface area contributed by atoms with Gasteiger partial charge in [-0.05, 0) is 6.42 Å². The largest absolute Gasteiger partial charge is 0.469 e. The lowest BCUT2D eigenvalue weighted by molar-refractivity contribution is -0.140. The molecule has 3 nitrogen and oxygen atoms in total. The van der Waals surface area contributed by atoms with Gasteiger partial charge in [-0.2, -0.15) is 0 Å². The van der Waals surface area contributed by atoms with Gasteiger partial charge in [0.2, 0.25) is 0 Å². The highest BCUT2D eigenvalue weighted by molar-refractivity contribution is 8.00. The summed E-state index contributed by atoms with van der Waals surface area (Å²) in [5.74, 6) is 0.780. The molecule has 1 aromatic rings. The zero-order valence-electron chi connectivity index (χ0n) is 7.36. The molecule has 72 valence electrons. The fourth-order valence-electron chi connectivity index (χ4n) is 0.760. The molecule has 0 atom stereocenters. The second-order valence-corrected chi connectivity index (χ2v) is 4.56. The second-order valence-electron chi connectivity index (χ2n) is 2.33. The number of carbonyl (C=O) groups excluding carboxylic acids is 1. The molecule has 5 heteroatoms. The summed E-state index contributed by atoms with van der Waals surface area (Å²) >= 11 is 3.30. The lowest BCUT2D eigenvalue weighted by atomic mass is 10.3. The number of hydrogen-bond donors (Lipinski definition) is 0. The number of aromatic nitrogens is 1. The summed E-state index contributed by atoms with van der Waals surface area (Å²) in [7, 11) is 1.41. The van der Waals surface area contributed by atoms with Crippen LogP contribution in [-0.2, 0) is 9.53 Å². The van der Waals surface area contributed by atoms with Crippen molar-refractivity contribution in [1.82, 2.24) is 4.98 Å². The van der Waals surface area contributed by atoms with E-state index in [9.17, 15) is 4.79 Å². The van der Waals surface area contributed by atoms with E-state index in [1.165, 1.54) is 7.11 Å². The van der Waals surface area contributed by atoms with Gasteiger partial charge in [-0.3, -0.25) is 4.79 Å². The van der Waals surface area contributed by atoms with E-state index in [0.717, 1.165) is 16.5 Å². The molecule has 0 fully saturated rings. The third-order valence-electron chi connectivity index (χ3n) is 1.39. The quantitative estimate of drug-likeness (QED) is 0.430. The van der Waals surface area contributed by atoms with E-state index in [-0.39, 0.29) is 5.97 Å². The summed E-state index contributed by atoms with van der Waals surface area (Å²) < 4.78 is 5.59. The molecule has 0 radical (unpaired) electrons. The molecule has 0 amide bonds. The molecule has 0 spiro atoms. The van der Waals surface area contributed by atoms with Crippen LogP contribution in [0.25, 0.3) is 0 Å². The Kier molecular flexibility index (Phi) is 4.85. The molecule has 0 unspecified atom stereocenters. The Hall–Kier alpha value is -0.550. The number of thiazole rings is 1. The lowest BCUT2D eigenvalue weighted by Gasteiger charge is -1.97. The minimum absolute atomic E-state index is 0.139. The van der Waals surface area contributed by atoms with Crippen LogP contribution in [0.4, 0.5) is 0 Å². The summed E-state index contributed by atoms with van der Waals surface area (Å²) in [4.78, 5) is 14.8. The van der Waals surface area contributed by atoms with Gasteiger partial charge in [-0.15, -0.1) is 11.3 Å². The molecule has 1 heterocycles. The van der Waals surface area contributed by atoms with Gasteiger partial charge in [0.25, 0.3) is 0 Å². The first-order valence-electron chi connectivity index (χ1n) is 3.92. The van der Waals surface area contributed by atoms with E-state index < -0.39 is 0 Å². The van der Waals surface area contributed by atoms with Crippen LogP contribution in [0.1, 0.15) is 12.8 Å². The molecule has 0 saturated heterocycles. The average Bonchev–Trinajstić information content (AvgIpc) is 2.64. The molecule has 1 rings (SSSR count). The van der Waals surface area contributed by atoms with Gasteiger partial charge in [0.1, 0.15) is 4.34 Å². The van der Waals surface area contributed by atoms with E-state index in [2.05, 4.69) is 9.72 Å². The van der Waals surface area contributed by atoms with Crippen LogP contribution in [0.2, 0.25) is 0 Å². The number of methoxy groups -OCH3 is 1.